The largest absolute Gasteiger partial charge is 0.454 e. The molecule has 0 unspecified atom stereocenters. The average Bonchev–Trinajstić information content (AvgIpc) is 3.51. The van der Waals surface area contributed by atoms with Crippen LogP contribution in [0, 0.1) is 0 Å². The maximum absolute atomic E-state index is 13.0. The molecule has 3 aromatic rings. The third kappa shape index (κ3) is 5.13. The summed E-state index contributed by atoms with van der Waals surface area (Å²) in [6, 6.07) is 13.1. The van der Waals surface area contributed by atoms with Crippen molar-refractivity contribution in [3.8, 4) is 22.8 Å². The molecule has 0 aliphatic carbocycles. The van der Waals surface area contributed by atoms with Gasteiger partial charge in [-0.15, -0.1) is 0 Å². The summed E-state index contributed by atoms with van der Waals surface area (Å²) in [5.41, 5.74) is 1.65. The molecule has 5 rings (SSSR count). The van der Waals surface area contributed by atoms with Crippen molar-refractivity contribution in [1.29, 1.82) is 0 Å². The van der Waals surface area contributed by atoms with Crippen LogP contribution in [0.2, 0.25) is 0 Å². The van der Waals surface area contributed by atoms with Crippen LogP contribution in [-0.2, 0) is 12.7 Å². The third-order valence-electron chi connectivity index (χ3n) is 6.04. The molecular formula is C24H25F3N4O3. The molecule has 0 bridgehead atoms. The third-order valence-corrected chi connectivity index (χ3v) is 6.04. The van der Waals surface area contributed by atoms with Gasteiger partial charge in [0.25, 0.3) is 0 Å². The first-order valence-corrected chi connectivity index (χ1v) is 11.2. The smallest absolute Gasteiger partial charge is 0.416 e. The second kappa shape index (κ2) is 9.55. The quantitative estimate of drug-likeness (QED) is 0.520. The Kier molecular flexibility index (Phi) is 6.34. The van der Waals surface area contributed by atoms with Crippen LogP contribution in [0.3, 0.4) is 0 Å². The zero-order valence-corrected chi connectivity index (χ0v) is 18.5. The lowest BCUT2D eigenvalue weighted by molar-refractivity contribution is -0.137. The Hall–Kier alpha value is -3.24. The summed E-state index contributed by atoms with van der Waals surface area (Å²) in [5.74, 6) is 2.17. The first-order valence-electron chi connectivity index (χ1n) is 11.2. The van der Waals surface area contributed by atoms with Gasteiger partial charge in [0.15, 0.2) is 17.3 Å². The van der Waals surface area contributed by atoms with E-state index >= 15 is 0 Å². The predicted molar refractivity (Wildman–Crippen MR) is 120 cm³/mol. The van der Waals surface area contributed by atoms with E-state index in [0.717, 1.165) is 55.0 Å². The highest BCUT2D eigenvalue weighted by Gasteiger charge is 2.31. The van der Waals surface area contributed by atoms with Crippen molar-refractivity contribution in [2.24, 2.45) is 0 Å². The van der Waals surface area contributed by atoms with E-state index in [1.54, 1.807) is 6.07 Å². The van der Waals surface area contributed by atoms with Crippen molar-refractivity contribution >= 4 is 5.69 Å². The molecule has 0 spiro atoms. The molecule has 34 heavy (non-hydrogen) atoms. The van der Waals surface area contributed by atoms with Gasteiger partial charge >= 0.3 is 6.18 Å². The molecule has 2 aliphatic heterocycles. The summed E-state index contributed by atoms with van der Waals surface area (Å²) in [6.45, 7) is 5.39. The molecule has 3 heterocycles. The number of rotatable bonds is 7. The van der Waals surface area contributed by atoms with Crippen LogP contribution in [0.4, 0.5) is 18.9 Å². The number of nitrogens with one attached hydrogen (secondary N) is 1. The van der Waals surface area contributed by atoms with Crippen molar-refractivity contribution in [2.45, 2.75) is 12.7 Å². The molecule has 1 saturated heterocycles. The number of anilines is 1. The van der Waals surface area contributed by atoms with Crippen LogP contribution in [0.25, 0.3) is 11.3 Å². The summed E-state index contributed by atoms with van der Waals surface area (Å²) >= 11 is 0. The van der Waals surface area contributed by atoms with Crippen molar-refractivity contribution in [3.05, 3.63) is 59.9 Å². The van der Waals surface area contributed by atoms with Gasteiger partial charge < -0.3 is 24.2 Å². The Labute approximate surface area is 195 Å². The van der Waals surface area contributed by atoms with Gasteiger partial charge in [-0.05, 0) is 36.4 Å². The molecule has 0 amide bonds. The van der Waals surface area contributed by atoms with E-state index in [-0.39, 0.29) is 6.79 Å². The van der Waals surface area contributed by atoms with E-state index in [4.69, 9.17) is 14.0 Å². The molecule has 0 saturated carbocycles. The lowest BCUT2D eigenvalue weighted by Crippen LogP contribution is -2.48. The monoisotopic (exact) mass is 474 g/mol. The molecule has 2 aromatic carbocycles. The first-order chi connectivity index (χ1) is 16.5. The highest BCUT2D eigenvalue weighted by molar-refractivity contribution is 5.64. The van der Waals surface area contributed by atoms with Crippen molar-refractivity contribution < 1.29 is 27.2 Å². The molecule has 180 valence electrons. The van der Waals surface area contributed by atoms with Gasteiger partial charge in [0.1, 0.15) is 5.69 Å². The van der Waals surface area contributed by atoms with Gasteiger partial charge in [-0.25, -0.2) is 0 Å². The molecule has 0 atom stereocenters. The van der Waals surface area contributed by atoms with Crippen molar-refractivity contribution in [1.82, 2.24) is 15.4 Å². The average molecular weight is 474 g/mol. The Morgan fingerprint density at radius 1 is 0.941 bits per heavy atom. The van der Waals surface area contributed by atoms with Crippen LogP contribution >= 0.6 is 0 Å². The molecule has 1 N–H and O–H groups in total. The Morgan fingerprint density at radius 3 is 2.59 bits per heavy atom. The lowest BCUT2D eigenvalue weighted by atomic mass is 10.1. The van der Waals surface area contributed by atoms with Gasteiger partial charge in [0.05, 0.1) is 12.1 Å². The van der Waals surface area contributed by atoms with Gasteiger partial charge in [0.2, 0.25) is 6.79 Å². The van der Waals surface area contributed by atoms with Crippen LogP contribution < -0.4 is 19.7 Å². The number of piperazine rings is 1. The van der Waals surface area contributed by atoms with E-state index in [0.29, 0.717) is 31.1 Å². The Bertz CT molecular complexity index is 1130. The van der Waals surface area contributed by atoms with E-state index < -0.39 is 11.7 Å². The van der Waals surface area contributed by atoms with Crippen LogP contribution in [0.15, 0.2) is 53.1 Å². The maximum Gasteiger partial charge on any atom is 0.416 e. The van der Waals surface area contributed by atoms with Gasteiger partial charge in [-0.3, -0.25) is 4.90 Å². The summed E-state index contributed by atoms with van der Waals surface area (Å²) in [6.07, 6.45) is -4.32. The highest BCUT2D eigenvalue weighted by Crippen LogP contribution is 2.35. The fraction of sp³-hybridized carbons (Fsp3) is 0.375. The molecule has 1 fully saturated rings. The number of aromatic nitrogens is 1. The summed E-state index contributed by atoms with van der Waals surface area (Å²) in [7, 11) is 0. The zero-order valence-electron chi connectivity index (χ0n) is 18.5. The number of halogens is 3. The van der Waals surface area contributed by atoms with Crippen LogP contribution in [0.5, 0.6) is 11.5 Å². The lowest BCUT2D eigenvalue weighted by Gasteiger charge is -2.36. The zero-order chi connectivity index (χ0) is 23.5. The minimum atomic E-state index is -4.32. The molecule has 7 nitrogen and oxygen atoms in total. The van der Waals surface area contributed by atoms with E-state index in [9.17, 15) is 13.2 Å². The number of benzene rings is 2. The SMILES string of the molecule is FC(F)(F)c1cccc(N2CCN(CCNCc3cc(-c4ccc5c(c4)OCO5)no3)CC2)c1. The predicted octanol–water partition coefficient (Wildman–Crippen LogP) is 4.00. The summed E-state index contributed by atoms with van der Waals surface area (Å²) in [4.78, 5) is 4.31. The summed E-state index contributed by atoms with van der Waals surface area (Å²) in [5, 5.41) is 7.50. The highest BCUT2D eigenvalue weighted by atomic mass is 19.4. The fourth-order valence-corrected chi connectivity index (χ4v) is 4.15. The van der Waals surface area contributed by atoms with Gasteiger partial charge in [-0.2, -0.15) is 13.2 Å². The van der Waals surface area contributed by atoms with E-state index in [2.05, 4.69) is 15.4 Å². The number of hydrogen-bond donors (Lipinski definition) is 1. The van der Waals surface area contributed by atoms with Gasteiger partial charge in [0, 0.05) is 56.6 Å². The molecule has 0 radical (unpaired) electrons. The minimum absolute atomic E-state index is 0.229. The maximum atomic E-state index is 13.0. The van der Waals surface area contributed by atoms with Crippen molar-refractivity contribution in [3.63, 3.8) is 0 Å². The number of alkyl halides is 3. The second-order valence-electron chi connectivity index (χ2n) is 8.30. The minimum Gasteiger partial charge on any atom is -0.454 e. The Balaban J connectivity index is 1.05. The number of ether oxygens (including phenoxy) is 2. The first kappa shape index (κ1) is 22.5. The van der Waals surface area contributed by atoms with Crippen LogP contribution in [0.1, 0.15) is 11.3 Å². The van der Waals surface area contributed by atoms with Gasteiger partial charge in [-0.1, -0.05) is 11.2 Å². The fourth-order valence-electron chi connectivity index (χ4n) is 4.15. The normalized spacial score (nSPS) is 16.3. The molecular weight excluding hydrogens is 449 g/mol. The van der Waals surface area contributed by atoms with Crippen LogP contribution in [-0.4, -0.2) is 56.1 Å². The Morgan fingerprint density at radius 2 is 1.76 bits per heavy atom. The summed E-state index contributed by atoms with van der Waals surface area (Å²) < 4.78 is 55.1. The second-order valence-corrected chi connectivity index (χ2v) is 8.30. The topological polar surface area (TPSA) is 63.0 Å². The van der Waals surface area contributed by atoms with E-state index in [1.807, 2.05) is 29.2 Å². The van der Waals surface area contributed by atoms with Crippen molar-refractivity contribution in [2.75, 3.05) is 51.0 Å². The number of fused-ring (bicyclic) bond motifs is 1. The number of hydrogen-bond acceptors (Lipinski definition) is 7. The van der Waals surface area contributed by atoms with E-state index in [1.165, 1.54) is 12.1 Å². The molecule has 10 heteroatoms. The molecule has 2 aliphatic rings. The molecule has 1 aromatic heterocycles. The standard InChI is InChI=1S/C24H25F3N4O3/c25-24(26,27)18-2-1-3-19(13-18)31-10-8-30(9-11-31)7-6-28-15-20-14-21(29-34-20)17-4-5-22-23(12-17)33-16-32-22/h1-5,12-14,28H,6-11,15-16H2. The number of nitrogens with zero attached hydrogens (tertiary/aromatic N) is 3.